The summed E-state index contributed by atoms with van der Waals surface area (Å²) < 4.78 is 0. The topological polar surface area (TPSA) is 70.5 Å². The SMILES string of the molecule is CC1CCN(C(=O)CCc2cscn2)C(C(=O)O)C1. The van der Waals surface area contributed by atoms with Crippen LogP contribution in [-0.2, 0) is 16.0 Å². The van der Waals surface area contributed by atoms with E-state index in [2.05, 4.69) is 4.98 Å². The molecule has 2 heterocycles. The van der Waals surface area contributed by atoms with Gasteiger partial charge in [0.05, 0.1) is 11.2 Å². The number of amides is 1. The van der Waals surface area contributed by atoms with Gasteiger partial charge in [0.1, 0.15) is 6.04 Å². The molecule has 0 saturated carbocycles. The molecule has 0 aliphatic carbocycles. The van der Waals surface area contributed by atoms with Crippen molar-refractivity contribution >= 4 is 23.2 Å². The number of carboxylic acid groups (broad SMARTS) is 1. The summed E-state index contributed by atoms with van der Waals surface area (Å²) in [5.41, 5.74) is 2.64. The van der Waals surface area contributed by atoms with Gasteiger partial charge in [0, 0.05) is 18.3 Å². The Morgan fingerprint density at radius 1 is 1.58 bits per heavy atom. The zero-order valence-electron chi connectivity index (χ0n) is 10.9. The van der Waals surface area contributed by atoms with Crippen LogP contribution in [0.2, 0.25) is 0 Å². The second-order valence-corrected chi connectivity index (χ2v) is 5.77. The van der Waals surface area contributed by atoms with E-state index in [1.165, 1.54) is 16.2 Å². The molecular weight excluding hydrogens is 264 g/mol. The molecule has 1 aromatic rings. The van der Waals surface area contributed by atoms with Gasteiger partial charge in [-0.1, -0.05) is 6.92 Å². The summed E-state index contributed by atoms with van der Waals surface area (Å²) in [7, 11) is 0. The summed E-state index contributed by atoms with van der Waals surface area (Å²) in [5, 5.41) is 11.1. The first-order chi connectivity index (χ1) is 9.08. The number of carboxylic acids is 1. The number of piperidine rings is 1. The Balaban J connectivity index is 1.94. The molecule has 1 N–H and O–H groups in total. The Morgan fingerprint density at radius 2 is 2.37 bits per heavy atom. The van der Waals surface area contributed by atoms with Gasteiger partial charge >= 0.3 is 5.97 Å². The number of carbonyl (C=O) groups is 2. The standard InChI is InChI=1S/C13H18N2O3S/c1-9-4-5-15(11(6-9)13(17)18)12(16)3-2-10-7-19-8-14-10/h7-9,11H,2-6H2,1H3,(H,17,18). The Labute approximate surface area is 116 Å². The van der Waals surface area contributed by atoms with Gasteiger partial charge in [-0.3, -0.25) is 4.79 Å². The number of rotatable bonds is 4. The fourth-order valence-electron chi connectivity index (χ4n) is 2.41. The molecule has 1 amide bonds. The number of hydrogen-bond donors (Lipinski definition) is 1. The predicted molar refractivity (Wildman–Crippen MR) is 72.0 cm³/mol. The smallest absolute Gasteiger partial charge is 0.326 e. The van der Waals surface area contributed by atoms with Gasteiger partial charge in [0.25, 0.3) is 0 Å². The molecule has 19 heavy (non-hydrogen) atoms. The van der Waals surface area contributed by atoms with Crippen LogP contribution >= 0.6 is 11.3 Å². The minimum absolute atomic E-state index is 0.0766. The molecule has 0 spiro atoms. The normalized spacial score (nSPS) is 23.3. The van der Waals surface area contributed by atoms with Gasteiger partial charge in [-0.2, -0.15) is 0 Å². The number of nitrogens with zero attached hydrogens (tertiary/aromatic N) is 2. The van der Waals surface area contributed by atoms with Gasteiger partial charge in [0.15, 0.2) is 0 Å². The third-order valence-corrected chi connectivity index (χ3v) is 4.18. The van der Waals surface area contributed by atoms with Crippen LogP contribution in [0.5, 0.6) is 0 Å². The number of aromatic nitrogens is 1. The summed E-state index contributed by atoms with van der Waals surface area (Å²) in [6.07, 6.45) is 2.35. The molecule has 1 aliphatic rings. The van der Waals surface area contributed by atoms with E-state index in [9.17, 15) is 14.7 Å². The molecule has 104 valence electrons. The summed E-state index contributed by atoms with van der Waals surface area (Å²) in [4.78, 5) is 29.0. The lowest BCUT2D eigenvalue weighted by Gasteiger charge is -2.36. The maximum absolute atomic E-state index is 12.2. The van der Waals surface area contributed by atoms with Crippen molar-refractivity contribution in [3.05, 3.63) is 16.6 Å². The van der Waals surface area contributed by atoms with Crippen LogP contribution in [0.4, 0.5) is 0 Å². The number of aliphatic carboxylic acids is 1. The monoisotopic (exact) mass is 282 g/mol. The number of carbonyl (C=O) groups excluding carboxylic acids is 1. The molecule has 1 fully saturated rings. The molecule has 1 aromatic heterocycles. The van der Waals surface area contributed by atoms with Gasteiger partial charge in [-0.05, 0) is 25.2 Å². The molecule has 5 nitrogen and oxygen atoms in total. The maximum atomic E-state index is 12.2. The third kappa shape index (κ3) is 3.53. The predicted octanol–water partition coefficient (Wildman–Crippen LogP) is 1.79. The van der Waals surface area contributed by atoms with E-state index in [0.29, 0.717) is 31.7 Å². The molecule has 0 aromatic carbocycles. The maximum Gasteiger partial charge on any atom is 0.326 e. The van der Waals surface area contributed by atoms with Crippen molar-refractivity contribution in [1.29, 1.82) is 0 Å². The molecule has 6 heteroatoms. The molecule has 1 aliphatic heterocycles. The lowest BCUT2D eigenvalue weighted by atomic mass is 9.92. The molecule has 2 unspecified atom stereocenters. The second kappa shape index (κ2) is 6.14. The zero-order chi connectivity index (χ0) is 13.8. The van der Waals surface area contributed by atoms with E-state index in [1.54, 1.807) is 5.51 Å². The largest absolute Gasteiger partial charge is 0.480 e. The summed E-state index contributed by atoms with van der Waals surface area (Å²) >= 11 is 1.50. The van der Waals surface area contributed by atoms with Gasteiger partial charge in [0.2, 0.25) is 5.91 Å². The van der Waals surface area contributed by atoms with Gasteiger partial charge < -0.3 is 10.0 Å². The summed E-state index contributed by atoms with van der Waals surface area (Å²) in [6.45, 7) is 2.58. The Bertz CT molecular complexity index is 447. The highest BCUT2D eigenvalue weighted by Crippen LogP contribution is 2.23. The minimum atomic E-state index is -0.895. The van der Waals surface area contributed by atoms with Crippen molar-refractivity contribution in [3.8, 4) is 0 Å². The lowest BCUT2D eigenvalue weighted by molar-refractivity contribution is -0.153. The van der Waals surface area contributed by atoms with Crippen molar-refractivity contribution in [3.63, 3.8) is 0 Å². The Morgan fingerprint density at radius 3 is 3.00 bits per heavy atom. The van der Waals surface area contributed by atoms with Crippen molar-refractivity contribution in [2.24, 2.45) is 5.92 Å². The highest BCUT2D eigenvalue weighted by molar-refractivity contribution is 7.07. The summed E-state index contributed by atoms with van der Waals surface area (Å²) in [5.74, 6) is -0.607. The van der Waals surface area contributed by atoms with E-state index in [4.69, 9.17) is 0 Å². The Hall–Kier alpha value is -1.43. The van der Waals surface area contributed by atoms with Crippen LogP contribution in [0, 0.1) is 5.92 Å². The van der Waals surface area contributed by atoms with Crippen LogP contribution in [0.25, 0.3) is 0 Å². The van der Waals surface area contributed by atoms with Crippen molar-refractivity contribution in [1.82, 2.24) is 9.88 Å². The number of aryl methyl sites for hydroxylation is 1. The first-order valence-corrected chi connectivity index (χ1v) is 7.41. The highest BCUT2D eigenvalue weighted by Gasteiger charge is 2.34. The number of likely N-dealkylation sites (tertiary alicyclic amines) is 1. The third-order valence-electron chi connectivity index (χ3n) is 3.55. The lowest BCUT2D eigenvalue weighted by Crippen LogP contribution is -2.49. The molecule has 0 bridgehead atoms. The Kier molecular flexibility index (Phi) is 4.52. The van der Waals surface area contributed by atoms with Crippen LogP contribution in [-0.4, -0.2) is 39.5 Å². The van der Waals surface area contributed by atoms with Crippen LogP contribution in [0.15, 0.2) is 10.9 Å². The van der Waals surface area contributed by atoms with Gasteiger partial charge in [-0.15, -0.1) is 11.3 Å². The average molecular weight is 282 g/mol. The fourth-order valence-corrected chi connectivity index (χ4v) is 3.01. The molecule has 2 atom stereocenters. The zero-order valence-corrected chi connectivity index (χ0v) is 11.7. The highest BCUT2D eigenvalue weighted by atomic mass is 32.1. The summed E-state index contributed by atoms with van der Waals surface area (Å²) in [6, 6.07) is -0.660. The van der Waals surface area contributed by atoms with Crippen molar-refractivity contribution in [2.75, 3.05) is 6.54 Å². The molecule has 2 rings (SSSR count). The number of hydrogen-bond acceptors (Lipinski definition) is 4. The van der Waals surface area contributed by atoms with Crippen LogP contribution < -0.4 is 0 Å². The van der Waals surface area contributed by atoms with E-state index < -0.39 is 12.0 Å². The van der Waals surface area contributed by atoms with E-state index in [1.807, 2.05) is 12.3 Å². The van der Waals surface area contributed by atoms with E-state index in [-0.39, 0.29) is 5.91 Å². The minimum Gasteiger partial charge on any atom is -0.480 e. The second-order valence-electron chi connectivity index (χ2n) is 5.05. The molecule has 1 saturated heterocycles. The molecular formula is C13H18N2O3S. The number of thiazole rings is 1. The van der Waals surface area contributed by atoms with Crippen molar-refractivity contribution in [2.45, 2.75) is 38.6 Å². The van der Waals surface area contributed by atoms with E-state index in [0.717, 1.165) is 12.1 Å². The van der Waals surface area contributed by atoms with Gasteiger partial charge in [-0.25, -0.2) is 9.78 Å². The van der Waals surface area contributed by atoms with Crippen LogP contribution in [0.3, 0.4) is 0 Å². The van der Waals surface area contributed by atoms with Crippen LogP contribution in [0.1, 0.15) is 31.9 Å². The quantitative estimate of drug-likeness (QED) is 0.914. The van der Waals surface area contributed by atoms with E-state index >= 15 is 0 Å². The molecule has 0 radical (unpaired) electrons. The first-order valence-electron chi connectivity index (χ1n) is 6.47. The van der Waals surface area contributed by atoms with Crippen molar-refractivity contribution < 1.29 is 14.7 Å². The first kappa shape index (κ1) is 14.0. The average Bonchev–Trinajstić information content (AvgIpc) is 2.88. The fraction of sp³-hybridized carbons (Fsp3) is 0.615.